The summed E-state index contributed by atoms with van der Waals surface area (Å²) in [4.78, 5) is 52.1. The maximum atomic E-state index is 13.5. The van der Waals surface area contributed by atoms with Crippen LogP contribution in [0.1, 0.15) is 29.6 Å². The number of nitrogens with zero attached hydrogens (tertiary/aromatic N) is 1. The van der Waals surface area contributed by atoms with Gasteiger partial charge in [-0.3, -0.25) is 19.2 Å². The molecule has 0 radical (unpaired) electrons. The molecule has 3 aliphatic rings. The van der Waals surface area contributed by atoms with Gasteiger partial charge >= 0.3 is 5.97 Å². The number of benzene rings is 1. The number of piperazine rings is 1. The molecule has 0 aromatic heterocycles. The molecule has 0 aliphatic carbocycles. The minimum absolute atomic E-state index is 0.136. The maximum absolute atomic E-state index is 13.5. The molecule has 4 rings (SSSR count). The van der Waals surface area contributed by atoms with E-state index >= 15 is 0 Å². The zero-order chi connectivity index (χ0) is 22.7. The maximum Gasteiger partial charge on any atom is 0.310 e. The Labute approximate surface area is 185 Å². The van der Waals surface area contributed by atoms with Crippen LogP contribution < -0.4 is 16.0 Å². The van der Waals surface area contributed by atoms with E-state index in [0.717, 1.165) is 0 Å². The zero-order valence-electron chi connectivity index (χ0n) is 17.4. The third-order valence-electron chi connectivity index (χ3n) is 5.90. The number of amides is 3. The molecule has 1 aromatic rings. The summed E-state index contributed by atoms with van der Waals surface area (Å²) in [6, 6.07) is 5.80. The summed E-state index contributed by atoms with van der Waals surface area (Å²) in [5.74, 6) is -1.80. The van der Waals surface area contributed by atoms with E-state index < -0.39 is 36.3 Å². The Morgan fingerprint density at radius 3 is 2.53 bits per heavy atom. The van der Waals surface area contributed by atoms with E-state index in [1.807, 2.05) is 12.2 Å². The van der Waals surface area contributed by atoms with E-state index in [1.54, 1.807) is 30.3 Å². The molecule has 170 valence electrons. The second-order valence-corrected chi connectivity index (χ2v) is 8.11. The highest BCUT2D eigenvalue weighted by molar-refractivity contribution is 5.98. The average molecular weight is 442 g/mol. The molecule has 2 unspecified atom stereocenters. The minimum atomic E-state index is -1.41. The molecule has 5 atom stereocenters. The van der Waals surface area contributed by atoms with Crippen LogP contribution in [0.2, 0.25) is 0 Å². The molecule has 0 bridgehead atoms. The van der Waals surface area contributed by atoms with Gasteiger partial charge in [-0.1, -0.05) is 30.4 Å². The number of hydrogen-bond donors (Lipinski definition) is 4. The Balaban J connectivity index is 1.52. The lowest BCUT2D eigenvalue weighted by molar-refractivity contribution is -0.156. The average Bonchev–Trinajstić information content (AvgIpc) is 3.10. The molecule has 0 saturated carbocycles. The lowest BCUT2D eigenvalue weighted by Gasteiger charge is -2.44. The van der Waals surface area contributed by atoms with Gasteiger partial charge in [-0.25, -0.2) is 0 Å². The molecule has 32 heavy (non-hydrogen) atoms. The van der Waals surface area contributed by atoms with E-state index in [-0.39, 0.29) is 30.8 Å². The van der Waals surface area contributed by atoms with Crippen LogP contribution in [0.3, 0.4) is 0 Å². The molecule has 4 N–H and O–H groups in total. The fourth-order valence-corrected chi connectivity index (χ4v) is 4.25. The summed E-state index contributed by atoms with van der Waals surface area (Å²) < 4.78 is 4.68. The molecule has 10 nitrogen and oxygen atoms in total. The number of aliphatic hydroxyl groups is 1. The number of aliphatic hydroxyl groups excluding tert-OH is 1. The standard InChI is InChI=1S/C22H26N4O6/c27-18-10-16(22(31)32-18)25-20(29)17-12-23-11-14-8-4-5-9-15(21(30)26(14)17)24-19(28)13-6-2-1-3-7-13/h1-7,14-17,22-23,31H,8-12H2,(H,24,28)(H,25,29)/t14-,15-,16?,17-,22?/m0/s1. The van der Waals surface area contributed by atoms with Crippen LogP contribution in [-0.4, -0.2) is 77.2 Å². The molecule has 10 heteroatoms. The van der Waals surface area contributed by atoms with Gasteiger partial charge in [0.25, 0.3) is 5.91 Å². The Hall–Kier alpha value is -3.24. The molecular weight excluding hydrogens is 416 g/mol. The number of hydrogen-bond acceptors (Lipinski definition) is 7. The molecule has 2 fully saturated rings. The van der Waals surface area contributed by atoms with E-state index in [2.05, 4.69) is 20.7 Å². The van der Waals surface area contributed by atoms with Crippen LogP contribution in [0.5, 0.6) is 0 Å². The van der Waals surface area contributed by atoms with Gasteiger partial charge in [0.1, 0.15) is 18.1 Å². The van der Waals surface area contributed by atoms with Crippen molar-refractivity contribution in [3.8, 4) is 0 Å². The summed E-state index contributed by atoms with van der Waals surface area (Å²) in [5, 5.41) is 18.4. The van der Waals surface area contributed by atoms with Crippen molar-refractivity contribution in [3.05, 3.63) is 48.0 Å². The molecule has 2 saturated heterocycles. The molecule has 3 amide bonds. The number of carbonyl (C=O) groups is 4. The van der Waals surface area contributed by atoms with Crippen LogP contribution in [0, 0.1) is 0 Å². The number of rotatable bonds is 4. The highest BCUT2D eigenvalue weighted by atomic mass is 16.6. The van der Waals surface area contributed by atoms with E-state index in [9.17, 15) is 24.3 Å². The van der Waals surface area contributed by atoms with Gasteiger partial charge < -0.3 is 30.7 Å². The second-order valence-electron chi connectivity index (χ2n) is 8.11. The number of cyclic esters (lactones) is 1. The summed E-state index contributed by atoms with van der Waals surface area (Å²) in [5.41, 5.74) is 0.442. The normalized spacial score (nSPS) is 30.0. The summed E-state index contributed by atoms with van der Waals surface area (Å²) in [6.45, 7) is 0.724. The highest BCUT2D eigenvalue weighted by Crippen LogP contribution is 2.21. The van der Waals surface area contributed by atoms with Gasteiger partial charge in [0.05, 0.1) is 6.42 Å². The summed E-state index contributed by atoms with van der Waals surface area (Å²) in [7, 11) is 0. The van der Waals surface area contributed by atoms with Gasteiger partial charge in [-0.2, -0.15) is 0 Å². The van der Waals surface area contributed by atoms with Crippen molar-refractivity contribution in [1.29, 1.82) is 0 Å². The topological polar surface area (TPSA) is 137 Å². The van der Waals surface area contributed by atoms with Crippen molar-refractivity contribution in [2.24, 2.45) is 0 Å². The number of carbonyl (C=O) groups excluding carboxylic acids is 4. The fourth-order valence-electron chi connectivity index (χ4n) is 4.25. The largest absolute Gasteiger partial charge is 0.434 e. The van der Waals surface area contributed by atoms with Crippen LogP contribution in [0.25, 0.3) is 0 Å². The Morgan fingerprint density at radius 2 is 1.81 bits per heavy atom. The Kier molecular flexibility index (Phi) is 6.52. The van der Waals surface area contributed by atoms with E-state index in [1.165, 1.54) is 4.90 Å². The quantitative estimate of drug-likeness (QED) is 0.349. The minimum Gasteiger partial charge on any atom is -0.434 e. The lowest BCUT2D eigenvalue weighted by Crippen LogP contribution is -2.67. The van der Waals surface area contributed by atoms with Crippen molar-refractivity contribution in [1.82, 2.24) is 20.9 Å². The van der Waals surface area contributed by atoms with Crippen LogP contribution in [-0.2, 0) is 19.1 Å². The van der Waals surface area contributed by atoms with Gasteiger partial charge in [-0.05, 0) is 25.0 Å². The smallest absolute Gasteiger partial charge is 0.310 e. The van der Waals surface area contributed by atoms with Crippen LogP contribution in [0.4, 0.5) is 0 Å². The fraction of sp³-hybridized carbons (Fsp3) is 0.455. The van der Waals surface area contributed by atoms with Gasteiger partial charge in [0, 0.05) is 24.7 Å². The molecule has 0 spiro atoms. The zero-order valence-corrected chi connectivity index (χ0v) is 17.4. The van der Waals surface area contributed by atoms with Crippen molar-refractivity contribution < 1.29 is 29.0 Å². The van der Waals surface area contributed by atoms with Crippen LogP contribution in [0.15, 0.2) is 42.5 Å². The molecule has 3 heterocycles. The first kappa shape index (κ1) is 22.0. The lowest BCUT2D eigenvalue weighted by atomic mass is 9.97. The third-order valence-corrected chi connectivity index (χ3v) is 5.90. The number of esters is 1. The van der Waals surface area contributed by atoms with Gasteiger partial charge in [0.2, 0.25) is 18.1 Å². The van der Waals surface area contributed by atoms with Crippen molar-refractivity contribution in [2.45, 2.75) is 49.7 Å². The highest BCUT2D eigenvalue weighted by Gasteiger charge is 2.43. The summed E-state index contributed by atoms with van der Waals surface area (Å²) >= 11 is 0. The van der Waals surface area contributed by atoms with Crippen molar-refractivity contribution in [2.75, 3.05) is 13.1 Å². The first-order chi connectivity index (χ1) is 15.4. The molecule has 1 aromatic carbocycles. The predicted octanol–water partition coefficient (Wildman–Crippen LogP) is -0.946. The Bertz CT molecular complexity index is 920. The summed E-state index contributed by atoms with van der Waals surface area (Å²) in [6.07, 6.45) is 3.14. The van der Waals surface area contributed by atoms with E-state index in [0.29, 0.717) is 24.9 Å². The first-order valence-electron chi connectivity index (χ1n) is 10.7. The second kappa shape index (κ2) is 9.49. The molecular formula is C22H26N4O6. The molecule has 3 aliphatic heterocycles. The van der Waals surface area contributed by atoms with Crippen LogP contribution >= 0.6 is 0 Å². The number of fused-ring (bicyclic) bond motifs is 1. The Morgan fingerprint density at radius 1 is 1.06 bits per heavy atom. The third kappa shape index (κ3) is 4.66. The SMILES string of the molecule is O=C1CC(NC(=O)[C@@H]2CNC[C@@H]3CC=CC[C@H](NC(=O)c4ccccc4)C(=O)N32)C(O)O1. The first-order valence-corrected chi connectivity index (χ1v) is 10.7. The number of ether oxygens (including phenoxy) is 1. The van der Waals surface area contributed by atoms with Crippen molar-refractivity contribution in [3.63, 3.8) is 0 Å². The van der Waals surface area contributed by atoms with Crippen molar-refractivity contribution >= 4 is 23.7 Å². The monoisotopic (exact) mass is 442 g/mol. The van der Waals surface area contributed by atoms with Gasteiger partial charge in [0.15, 0.2) is 0 Å². The predicted molar refractivity (Wildman–Crippen MR) is 112 cm³/mol. The van der Waals surface area contributed by atoms with Gasteiger partial charge in [-0.15, -0.1) is 0 Å². The number of nitrogens with one attached hydrogen (secondary N) is 3. The van der Waals surface area contributed by atoms with E-state index in [4.69, 9.17) is 0 Å².